The largest absolute Gasteiger partial charge is 0.380 e. The van der Waals surface area contributed by atoms with Gasteiger partial charge in [-0.2, -0.15) is 5.26 Å². The van der Waals surface area contributed by atoms with Crippen molar-refractivity contribution in [3.05, 3.63) is 65.9 Å². The normalized spacial score (nSPS) is 11.5. The summed E-state index contributed by atoms with van der Waals surface area (Å²) in [5.74, 6) is 0. The van der Waals surface area contributed by atoms with E-state index in [9.17, 15) is 13.7 Å². The van der Waals surface area contributed by atoms with Gasteiger partial charge < -0.3 is 5.32 Å². The van der Waals surface area contributed by atoms with Crippen LogP contribution >= 0.6 is 0 Å². The van der Waals surface area contributed by atoms with E-state index in [-0.39, 0.29) is 4.90 Å². The molecule has 0 unspecified atom stereocenters. The lowest BCUT2D eigenvalue weighted by Gasteiger charge is -2.16. The molecule has 0 aliphatic carbocycles. The Morgan fingerprint density at radius 3 is 2.54 bits per heavy atom. The van der Waals surface area contributed by atoms with Crippen LogP contribution in [0.25, 0.3) is 10.9 Å². The number of hydrogen-bond acceptors (Lipinski definition) is 5. The molecule has 0 spiro atoms. The third kappa shape index (κ3) is 3.38. The van der Waals surface area contributed by atoms with Crippen LogP contribution in [-0.2, 0) is 16.6 Å². The first-order chi connectivity index (χ1) is 12.4. The molecule has 0 bridgehead atoms. The summed E-state index contributed by atoms with van der Waals surface area (Å²) in [6, 6.07) is 18.1. The number of aromatic nitrogens is 1. The van der Waals surface area contributed by atoms with Crippen LogP contribution < -0.4 is 5.32 Å². The zero-order valence-electron chi connectivity index (χ0n) is 14.5. The van der Waals surface area contributed by atoms with Gasteiger partial charge in [0, 0.05) is 31.7 Å². The second-order valence-electron chi connectivity index (χ2n) is 5.93. The van der Waals surface area contributed by atoms with E-state index >= 15 is 0 Å². The minimum absolute atomic E-state index is 0.261. The Kier molecular flexibility index (Phi) is 4.89. The summed E-state index contributed by atoms with van der Waals surface area (Å²) >= 11 is 0. The van der Waals surface area contributed by atoms with E-state index in [1.807, 2.05) is 24.3 Å². The Morgan fingerprint density at radius 1 is 1.12 bits per heavy atom. The summed E-state index contributed by atoms with van der Waals surface area (Å²) in [5, 5.41) is 13.3. The zero-order valence-corrected chi connectivity index (χ0v) is 15.3. The van der Waals surface area contributed by atoms with Gasteiger partial charge in [-0.25, -0.2) is 17.7 Å². The number of fused-ring (bicyclic) bond motifs is 1. The zero-order chi connectivity index (χ0) is 18.7. The molecule has 0 fully saturated rings. The number of anilines is 1. The Hall–Kier alpha value is -2.95. The Morgan fingerprint density at radius 2 is 1.81 bits per heavy atom. The lowest BCUT2D eigenvalue weighted by molar-refractivity contribution is 0.520. The van der Waals surface area contributed by atoms with E-state index in [1.54, 1.807) is 30.3 Å². The van der Waals surface area contributed by atoms with Crippen LogP contribution in [0.4, 0.5) is 5.69 Å². The van der Waals surface area contributed by atoms with E-state index in [2.05, 4.69) is 16.4 Å². The number of pyridine rings is 1. The van der Waals surface area contributed by atoms with Crippen molar-refractivity contribution in [1.29, 1.82) is 5.26 Å². The standard InChI is InChI=1S/C19H18N4O2S/c1-23(2)26(24,25)19-10-6-3-7-14(19)13-21-18-11-15(12-20)22-17-9-5-4-8-16(17)18/h3-11H,13H2,1-2H3,(H,21,22). The minimum Gasteiger partial charge on any atom is -0.380 e. The smallest absolute Gasteiger partial charge is 0.242 e. The minimum atomic E-state index is -3.54. The first-order valence-corrected chi connectivity index (χ1v) is 9.41. The van der Waals surface area contributed by atoms with Gasteiger partial charge in [0.1, 0.15) is 11.8 Å². The number of nitrogens with zero attached hydrogens (tertiary/aromatic N) is 3. The van der Waals surface area contributed by atoms with Gasteiger partial charge in [-0.3, -0.25) is 0 Å². The van der Waals surface area contributed by atoms with Gasteiger partial charge in [-0.1, -0.05) is 36.4 Å². The maximum atomic E-state index is 12.5. The van der Waals surface area contributed by atoms with E-state index in [4.69, 9.17) is 0 Å². The Bertz CT molecular complexity index is 1100. The van der Waals surface area contributed by atoms with E-state index in [0.717, 1.165) is 11.1 Å². The Labute approximate surface area is 152 Å². The fourth-order valence-electron chi connectivity index (χ4n) is 2.67. The molecular formula is C19H18N4O2S. The molecule has 7 heteroatoms. The second kappa shape index (κ2) is 7.12. The number of nitrogens with one attached hydrogen (secondary N) is 1. The quantitative estimate of drug-likeness (QED) is 0.750. The molecule has 0 radical (unpaired) electrons. The highest BCUT2D eigenvalue weighted by molar-refractivity contribution is 7.89. The van der Waals surface area contributed by atoms with Crippen LogP contribution in [0.5, 0.6) is 0 Å². The van der Waals surface area contributed by atoms with Gasteiger partial charge in [0.25, 0.3) is 0 Å². The van der Waals surface area contributed by atoms with Gasteiger partial charge in [0.2, 0.25) is 10.0 Å². The van der Waals surface area contributed by atoms with Gasteiger partial charge in [-0.15, -0.1) is 0 Å². The van der Waals surface area contributed by atoms with Crippen LogP contribution in [-0.4, -0.2) is 31.8 Å². The lowest BCUT2D eigenvalue weighted by Crippen LogP contribution is -2.23. The number of hydrogen-bond donors (Lipinski definition) is 1. The van der Waals surface area contributed by atoms with Crippen LogP contribution in [0.15, 0.2) is 59.5 Å². The van der Waals surface area contributed by atoms with E-state index < -0.39 is 10.0 Å². The summed E-state index contributed by atoms with van der Waals surface area (Å²) in [6.07, 6.45) is 0. The molecule has 132 valence electrons. The molecule has 3 aromatic rings. The maximum Gasteiger partial charge on any atom is 0.242 e. The van der Waals surface area contributed by atoms with Crippen molar-refractivity contribution in [2.24, 2.45) is 0 Å². The molecule has 1 N–H and O–H groups in total. The van der Waals surface area contributed by atoms with E-state index in [1.165, 1.54) is 18.4 Å². The second-order valence-corrected chi connectivity index (χ2v) is 8.05. The van der Waals surface area contributed by atoms with Crippen LogP contribution in [0.1, 0.15) is 11.3 Å². The third-order valence-electron chi connectivity index (χ3n) is 4.03. The van der Waals surface area contributed by atoms with Crippen molar-refractivity contribution in [3.8, 4) is 6.07 Å². The highest BCUT2D eigenvalue weighted by Crippen LogP contribution is 2.25. The molecule has 1 heterocycles. The van der Waals surface area contributed by atoms with Gasteiger partial charge in [0.05, 0.1) is 10.4 Å². The summed E-state index contributed by atoms with van der Waals surface area (Å²) in [4.78, 5) is 4.55. The highest BCUT2D eigenvalue weighted by atomic mass is 32.2. The topological polar surface area (TPSA) is 86.1 Å². The molecule has 0 atom stereocenters. The summed E-state index contributed by atoms with van der Waals surface area (Å²) < 4.78 is 26.2. The molecule has 0 saturated carbocycles. The van der Waals surface area contributed by atoms with Crippen molar-refractivity contribution in [3.63, 3.8) is 0 Å². The average molecular weight is 366 g/mol. The Balaban J connectivity index is 1.99. The van der Waals surface area contributed by atoms with Crippen molar-refractivity contribution >= 4 is 26.6 Å². The highest BCUT2D eigenvalue weighted by Gasteiger charge is 2.20. The third-order valence-corrected chi connectivity index (χ3v) is 5.95. The lowest BCUT2D eigenvalue weighted by atomic mass is 10.1. The summed E-state index contributed by atoms with van der Waals surface area (Å²) in [6.45, 7) is 0.308. The number of sulfonamides is 1. The number of nitriles is 1. The van der Waals surface area contributed by atoms with Crippen LogP contribution in [0.3, 0.4) is 0 Å². The molecule has 0 saturated heterocycles. The fourth-order valence-corrected chi connectivity index (χ4v) is 3.78. The average Bonchev–Trinajstić information content (AvgIpc) is 2.65. The molecule has 3 rings (SSSR count). The molecular weight excluding hydrogens is 348 g/mol. The first kappa shape index (κ1) is 17.9. The predicted molar refractivity (Wildman–Crippen MR) is 101 cm³/mol. The fraction of sp³-hybridized carbons (Fsp3) is 0.158. The summed E-state index contributed by atoms with van der Waals surface area (Å²) in [5.41, 5.74) is 2.41. The predicted octanol–water partition coefficient (Wildman–Crippen LogP) is 2.97. The molecule has 26 heavy (non-hydrogen) atoms. The molecule has 0 amide bonds. The molecule has 1 aromatic heterocycles. The van der Waals surface area contributed by atoms with Crippen molar-refractivity contribution in [1.82, 2.24) is 9.29 Å². The number of benzene rings is 2. The van der Waals surface area contributed by atoms with E-state index in [0.29, 0.717) is 23.3 Å². The molecule has 0 aliphatic rings. The van der Waals surface area contributed by atoms with Gasteiger partial charge in [-0.05, 0) is 23.8 Å². The SMILES string of the molecule is CN(C)S(=O)(=O)c1ccccc1CNc1cc(C#N)nc2ccccc12. The summed E-state index contributed by atoms with van der Waals surface area (Å²) in [7, 11) is -0.521. The number of rotatable bonds is 5. The van der Waals surface area contributed by atoms with Crippen molar-refractivity contribution < 1.29 is 8.42 Å². The van der Waals surface area contributed by atoms with Crippen molar-refractivity contribution in [2.75, 3.05) is 19.4 Å². The monoisotopic (exact) mass is 366 g/mol. The molecule has 6 nitrogen and oxygen atoms in total. The van der Waals surface area contributed by atoms with Crippen LogP contribution in [0, 0.1) is 11.3 Å². The van der Waals surface area contributed by atoms with Gasteiger partial charge >= 0.3 is 0 Å². The maximum absolute atomic E-state index is 12.5. The first-order valence-electron chi connectivity index (χ1n) is 7.97. The number of para-hydroxylation sites is 1. The molecule has 2 aromatic carbocycles. The van der Waals surface area contributed by atoms with Crippen molar-refractivity contribution in [2.45, 2.75) is 11.4 Å². The van der Waals surface area contributed by atoms with Crippen LogP contribution in [0.2, 0.25) is 0 Å². The van der Waals surface area contributed by atoms with Gasteiger partial charge in [0.15, 0.2) is 0 Å². The molecule has 0 aliphatic heterocycles.